The van der Waals surface area contributed by atoms with Gasteiger partial charge in [0.05, 0.1) is 32.6 Å². The van der Waals surface area contributed by atoms with E-state index < -0.39 is 9.85 Å². The number of aromatic amines is 2. The highest BCUT2D eigenvalue weighted by Gasteiger charge is 2.21. The molecule has 11 heteroatoms. The van der Waals surface area contributed by atoms with Crippen LogP contribution in [0.5, 0.6) is 0 Å². The molecule has 0 atom stereocenters. The van der Waals surface area contributed by atoms with Crippen LogP contribution in [0.2, 0.25) is 0 Å². The zero-order valence-electron chi connectivity index (χ0n) is 33.7. The number of aryl methyl sites for hydroxylation is 1. The third-order valence-electron chi connectivity index (χ3n) is 11.4. The minimum absolute atomic E-state index is 0.0228. The van der Waals surface area contributed by atoms with Crippen molar-refractivity contribution in [2.24, 2.45) is 0 Å². The number of benzene rings is 6. The Morgan fingerprint density at radius 3 is 1.33 bits per heavy atom. The summed E-state index contributed by atoms with van der Waals surface area (Å²) < 4.78 is 2.44. The maximum Gasteiger partial charge on any atom is 0.269 e. The van der Waals surface area contributed by atoms with E-state index in [0.29, 0.717) is 11.6 Å². The summed E-state index contributed by atoms with van der Waals surface area (Å²) in [6.45, 7) is 3.13. The molecule has 61 heavy (non-hydrogen) atoms. The van der Waals surface area contributed by atoms with Gasteiger partial charge in [-0.3, -0.25) is 20.2 Å². The van der Waals surface area contributed by atoms with E-state index in [1.54, 1.807) is 24.3 Å². The molecule has 0 amide bonds. The Hall–Kier alpha value is -7.66. The maximum absolute atomic E-state index is 11.4. The molecule has 0 fully saturated rings. The van der Waals surface area contributed by atoms with Gasteiger partial charge in [0.1, 0.15) is 11.6 Å². The minimum Gasteiger partial charge on any atom is -0.340 e. The molecule has 302 valence electrons. The van der Waals surface area contributed by atoms with Crippen molar-refractivity contribution >= 4 is 33.2 Å². The molecule has 0 saturated heterocycles. The van der Waals surface area contributed by atoms with Crippen molar-refractivity contribution in [3.05, 3.63) is 166 Å². The van der Waals surface area contributed by atoms with Gasteiger partial charge in [0.15, 0.2) is 0 Å². The number of imidazole rings is 2. The molecule has 0 bridgehead atoms. The molecule has 9 aromatic rings. The van der Waals surface area contributed by atoms with Gasteiger partial charge in [-0.1, -0.05) is 112 Å². The van der Waals surface area contributed by atoms with Gasteiger partial charge in [-0.05, 0) is 55.0 Å². The summed E-state index contributed by atoms with van der Waals surface area (Å²) in [5.74, 6) is 1.24. The summed E-state index contributed by atoms with van der Waals surface area (Å²) in [6.07, 6.45) is 7.18. The molecule has 11 nitrogen and oxygen atoms in total. The number of aromatic nitrogens is 5. The van der Waals surface area contributed by atoms with Gasteiger partial charge in [0, 0.05) is 86.0 Å². The first-order chi connectivity index (χ1) is 29.9. The number of nitro groups is 2. The van der Waals surface area contributed by atoms with E-state index in [1.165, 1.54) is 49.9 Å². The first kappa shape index (κ1) is 38.8. The summed E-state index contributed by atoms with van der Waals surface area (Å²) in [4.78, 5) is 39.4. The maximum atomic E-state index is 11.4. The Morgan fingerprint density at radius 1 is 0.492 bits per heavy atom. The van der Waals surface area contributed by atoms with Gasteiger partial charge >= 0.3 is 0 Å². The van der Waals surface area contributed by atoms with Crippen molar-refractivity contribution in [2.75, 3.05) is 0 Å². The van der Waals surface area contributed by atoms with Crippen LogP contribution >= 0.6 is 0 Å². The standard InChI is InChI=1S/C50H43N7O4/c1-2-3-4-5-6-13-30-55-43-28-22-37(47-45(33-14-9-7-10-15-33)51-49(53-47)35-18-24-39(25-19-35)56(58)59)31-41(43)42-32-38(23-29-44(42)55)48-46(34-16-11-8-12-17-34)52-50(54-48)36-20-26-40(27-21-36)57(60)61/h7-12,14-29,31-32H,2-6,13,30H2,1H3,(H,51,53)(H,52,54). The van der Waals surface area contributed by atoms with Gasteiger partial charge in [-0.15, -0.1) is 0 Å². The van der Waals surface area contributed by atoms with Crippen molar-refractivity contribution in [3.8, 4) is 67.8 Å². The molecule has 0 spiro atoms. The molecule has 6 aromatic carbocycles. The molecule has 0 saturated carbocycles. The molecular weight excluding hydrogens is 763 g/mol. The van der Waals surface area contributed by atoms with Crippen LogP contribution in [0.4, 0.5) is 11.4 Å². The SMILES string of the molecule is CCCCCCCCn1c2ccc(-c3[nH]c(-c4ccc([N+](=O)[O-])cc4)nc3-c3ccccc3)cc2c2cc(-c3[nH]c(-c4ccc([N+](=O)[O-])cc4)nc3-c3ccccc3)ccc21. The average Bonchev–Trinajstić information content (AvgIpc) is 4.03. The van der Waals surface area contributed by atoms with E-state index in [-0.39, 0.29) is 11.4 Å². The molecule has 0 radical (unpaired) electrons. The van der Waals surface area contributed by atoms with E-state index >= 15 is 0 Å². The van der Waals surface area contributed by atoms with Crippen LogP contribution in [0.25, 0.3) is 89.6 Å². The highest BCUT2D eigenvalue weighted by atomic mass is 16.6. The molecule has 0 unspecified atom stereocenters. The first-order valence-electron chi connectivity index (χ1n) is 20.7. The van der Waals surface area contributed by atoms with Crippen molar-refractivity contribution < 1.29 is 9.85 Å². The molecule has 3 heterocycles. The second-order valence-corrected chi connectivity index (χ2v) is 15.3. The van der Waals surface area contributed by atoms with Crippen molar-refractivity contribution in [1.29, 1.82) is 0 Å². The Balaban J connectivity index is 1.20. The van der Waals surface area contributed by atoms with Crippen molar-refractivity contribution in [1.82, 2.24) is 24.5 Å². The van der Waals surface area contributed by atoms with Gasteiger partial charge in [-0.25, -0.2) is 9.97 Å². The lowest BCUT2D eigenvalue weighted by molar-refractivity contribution is -0.385. The number of nitro benzene ring substituents is 2. The quantitative estimate of drug-likeness (QED) is 0.0598. The lowest BCUT2D eigenvalue weighted by atomic mass is 10.0. The third kappa shape index (κ3) is 7.81. The zero-order chi connectivity index (χ0) is 41.9. The van der Waals surface area contributed by atoms with Crippen LogP contribution in [0.1, 0.15) is 45.4 Å². The predicted molar refractivity (Wildman–Crippen MR) is 243 cm³/mol. The number of hydrogen-bond donors (Lipinski definition) is 2. The Bertz CT molecular complexity index is 2810. The predicted octanol–water partition coefficient (Wildman–Crippen LogP) is 13.4. The van der Waals surface area contributed by atoms with Gasteiger partial charge in [0.2, 0.25) is 0 Å². The van der Waals surface area contributed by atoms with Crippen LogP contribution in [0.3, 0.4) is 0 Å². The van der Waals surface area contributed by atoms with E-state index in [2.05, 4.69) is 57.9 Å². The summed E-state index contributed by atoms with van der Waals surface area (Å²) in [5.41, 5.74) is 10.9. The van der Waals surface area contributed by atoms with Crippen LogP contribution < -0.4 is 0 Å². The summed E-state index contributed by atoms with van der Waals surface area (Å²) >= 11 is 0. The fraction of sp³-hybridized carbons (Fsp3) is 0.160. The lowest BCUT2D eigenvalue weighted by Gasteiger charge is -2.09. The molecule has 0 aliphatic carbocycles. The highest BCUT2D eigenvalue weighted by Crippen LogP contribution is 2.40. The molecule has 0 aliphatic heterocycles. The van der Waals surface area contributed by atoms with Gasteiger partial charge in [-0.2, -0.15) is 0 Å². The van der Waals surface area contributed by atoms with Gasteiger partial charge < -0.3 is 14.5 Å². The number of H-pyrrole nitrogens is 2. The number of nitrogens with one attached hydrogen (secondary N) is 2. The minimum atomic E-state index is -0.400. The molecule has 3 aromatic heterocycles. The number of fused-ring (bicyclic) bond motifs is 3. The molecule has 2 N–H and O–H groups in total. The largest absolute Gasteiger partial charge is 0.340 e. The van der Waals surface area contributed by atoms with E-state index in [4.69, 9.17) is 9.97 Å². The summed E-state index contributed by atoms with van der Waals surface area (Å²) in [6, 6.07) is 46.2. The number of rotatable bonds is 15. The van der Waals surface area contributed by atoms with E-state index in [0.717, 1.165) is 97.3 Å². The first-order valence-corrected chi connectivity index (χ1v) is 20.7. The fourth-order valence-corrected chi connectivity index (χ4v) is 8.24. The second kappa shape index (κ2) is 16.9. The smallest absolute Gasteiger partial charge is 0.269 e. The van der Waals surface area contributed by atoms with Crippen LogP contribution in [0, 0.1) is 20.2 Å². The number of hydrogen-bond acceptors (Lipinski definition) is 6. The van der Waals surface area contributed by atoms with Gasteiger partial charge in [0.25, 0.3) is 11.4 Å². The topological polar surface area (TPSA) is 149 Å². The molecule has 9 rings (SSSR count). The number of non-ortho nitro benzene ring substituents is 2. The highest BCUT2D eigenvalue weighted by molar-refractivity contribution is 6.11. The lowest BCUT2D eigenvalue weighted by Crippen LogP contribution is -1.98. The Labute approximate surface area is 352 Å². The summed E-state index contributed by atoms with van der Waals surface area (Å²) in [5, 5.41) is 25.0. The third-order valence-corrected chi connectivity index (χ3v) is 11.4. The van der Waals surface area contributed by atoms with Crippen molar-refractivity contribution in [3.63, 3.8) is 0 Å². The molecule has 0 aliphatic rings. The zero-order valence-corrected chi connectivity index (χ0v) is 33.7. The number of unbranched alkanes of at least 4 members (excludes halogenated alkanes) is 5. The second-order valence-electron chi connectivity index (χ2n) is 15.3. The van der Waals surface area contributed by atoms with Crippen LogP contribution in [0.15, 0.2) is 146 Å². The Kier molecular flexibility index (Phi) is 10.8. The Morgan fingerprint density at radius 2 is 0.902 bits per heavy atom. The van der Waals surface area contributed by atoms with E-state index in [9.17, 15) is 20.2 Å². The number of nitrogens with zero attached hydrogens (tertiary/aromatic N) is 5. The fourth-order valence-electron chi connectivity index (χ4n) is 8.24. The van der Waals surface area contributed by atoms with E-state index in [1.807, 2.05) is 60.7 Å². The van der Waals surface area contributed by atoms with Crippen LogP contribution in [-0.4, -0.2) is 34.3 Å². The monoisotopic (exact) mass is 805 g/mol. The molecular formula is C50H43N7O4. The van der Waals surface area contributed by atoms with Crippen molar-refractivity contribution in [2.45, 2.75) is 52.0 Å². The normalized spacial score (nSPS) is 11.4. The average molecular weight is 806 g/mol. The summed E-state index contributed by atoms with van der Waals surface area (Å²) in [7, 11) is 0. The van der Waals surface area contributed by atoms with Crippen LogP contribution in [-0.2, 0) is 6.54 Å².